The zero-order valence-electron chi connectivity index (χ0n) is 21.1. The highest BCUT2D eigenvalue weighted by atomic mass is 19.2. The summed E-state index contributed by atoms with van der Waals surface area (Å²) in [6.07, 6.45) is 1.89. The summed E-state index contributed by atoms with van der Waals surface area (Å²) >= 11 is 0. The molecule has 0 amide bonds. The molecule has 0 saturated heterocycles. The van der Waals surface area contributed by atoms with Gasteiger partial charge in [-0.3, -0.25) is 0 Å². The smallest absolute Gasteiger partial charge is 0.393 e. The minimum absolute atomic E-state index is 0.0565. The molecule has 2 aromatic rings. The summed E-state index contributed by atoms with van der Waals surface area (Å²) in [4.78, 5) is 0. The van der Waals surface area contributed by atoms with E-state index < -0.39 is 6.97 Å². The largest absolute Gasteiger partial charge is 0.737 e. The fourth-order valence-electron chi connectivity index (χ4n) is 5.21. The molecular weight excluding hydrogens is 401 g/mol. The van der Waals surface area contributed by atoms with E-state index in [2.05, 4.69) is 59.7 Å². The first kappa shape index (κ1) is 22.8. The van der Waals surface area contributed by atoms with Crippen molar-refractivity contribution in [2.45, 2.75) is 80.1 Å². The molecule has 2 aliphatic heterocycles. The number of benzene rings is 1. The van der Waals surface area contributed by atoms with Crippen molar-refractivity contribution in [3.8, 4) is 0 Å². The van der Waals surface area contributed by atoms with Crippen molar-refractivity contribution in [2.75, 3.05) is 0 Å². The van der Waals surface area contributed by atoms with Crippen molar-refractivity contribution in [1.82, 2.24) is 4.48 Å². The van der Waals surface area contributed by atoms with Gasteiger partial charge in [0.15, 0.2) is 5.70 Å². The number of hydrogen-bond acceptors (Lipinski definition) is 0. The lowest BCUT2D eigenvalue weighted by Crippen LogP contribution is -2.51. The summed E-state index contributed by atoms with van der Waals surface area (Å²) < 4.78 is 34.4. The Balaban J connectivity index is 2.18. The maximum Gasteiger partial charge on any atom is 0.737 e. The number of halogens is 2. The van der Waals surface area contributed by atoms with Gasteiger partial charge in [0.1, 0.15) is 5.71 Å². The van der Waals surface area contributed by atoms with E-state index in [0.29, 0.717) is 22.8 Å². The number of nitrogens with zero attached hydrogens (tertiary/aromatic N) is 2. The molecule has 1 aromatic carbocycles. The van der Waals surface area contributed by atoms with Crippen molar-refractivity contribution in [1.29, 1.82) is 0 Å². The fourth-order valence-corrected chi connectivity index (χ4v) is 5.21. The molecule has 3 heterocycles. The molecule has 0 atom stereocenters. The molecule has 4 rings (SSSR count). The monoisotopic (exact) mass is 436 g/mol. The number of allylic oxidation sites excluding steroid dienone is 2. The van der Waals surface area contributed by atoms with Crippen LogP contribution in [-0.4, -0.2) is 21.6 Å². The van der Waals surface area contributed by atoms with E-state index >= 15 is 8.63 Å². The number of aryl methyl sites for hydroxylation is 2. The van der Waals surface area contributed by atoms with Gasteiger partial charge in [0.25, 0.3) is 0 Å². The zero-order valence-corrected chi connectivity index (χ0v) is 21.1. The Morgan fingerprint density at radius 3 is 1.84 bits per heavy atom. The van der Waals surface area contributed by atoms with Crippen molar-refractivity contribution in [3.63, 3.8) is 0 Å². The predicted octanol–water partition coefficient (Wildman–Crippen LogP) is 7.13. The molecule has 0 spiro atoms. The van der Waals surface area contributed by atoms with E-state index in [1.165, 1.54) is 20.1 Å². The highest BCUT2D eigenvalue weighted by Gasteiger charge is 2.55. The summed E-state index contributed by atoms with van der Waals surface area (Å²) in [6, 6.07) is 8.58. The molecule has 32 heavy (non-hydrogen) atoms. The topological polar surface area (TPSA) is 7.94 Å². The second-order valence-electron chi connectivity index (χ2n) is 11.6. The van der Waals surface area contributed by atoms with Crippen LogP contribution in [0.25, 0.3) is 5.57 Å². The number of hydrogen-bond donors (Lipinski definition) is 0. The van der Waals surface area contributed by atoms with E-state index in [9.17, 15) is 0 Å². The van der Waals surface area contributed by atoms with Crippen molar-refractivity contribution in [3.05, 3.63) is 75.3 Å². The molecule has 0 radical (unpaired) electrons. The van der Waals surface area contributed by atoms with Gasteiger partial charge in [0.2, 0.25) is 0 Å². The SMILES string of the molecule is CC1=CC(C)=[N+]2C1=C(c1cc(C(C)(C)C)cc(C(C)(C)C)c1)c1c(C)cc(C)n1[B-]2(F)F. The van der Waals surface area contributed by atoms with Crippen LogP contribution in [0, 0.1) is 13.8 Å². The van der Waals surface area contributed by atoms with Gasteiger partial charge in [-0.15, -0.1) is 0 Å². The van der Waals surface area contributed by atoms with Gasteiger partial charge in [-0.25, -0.2) is 0 Å². The van der Waals surface area contributed by atoms with E-state index in [1.807, 2.05) is 26.0 Å². The molecule has 1 aromatic heterocycles. The van der Waals surface area contributed by atoms with Gasteiger partial charge in [0.05, 0.1) is 5.57 Å². The Bertz CT molecular complexity index is 1210. The van der Waals surface area contributed by atoms with Crippen LogP contribution in [0.2, 0.25) is 0 Å². The second kappa shape index (κ2) is 6.79. The minimum atomic E-state index is -3.96. The van der Waals surface area contributed by atoms with Gasteiger partial charge in [-0.05, 0) is 65.6 Å². The average Bonchev–Trinajstić information content (AvgIpc) is 3.10. The molecule has 170 valence electrons. The molecule has 0 aliphatic carbocycles. The van der Waals surface area contributed by atoms with Gasteiger partial charge in [-0.1, -0.05) is 59.7 Å². The molecule has 0 N–H and O–H groups in total. The van der Waals surface area contributed by atoms with Crippen LogP contribution in [0.4, 0.5) is 8.63 Å². The molecule has 2 aliphatic rings. The molecular formula is C27H35BF2N2. The highest BCUT2D eigenvalue weighted by Crippen LogP contribution is 2.45. The molecule has 5 heteroatoms. The summed E-state index contributed by atoms with van der Waals surface area (Å²) in [5.74, 6) is 0. The molecule has 0 unspecified atom stereocenters. The van der Waals surface area contributed by atoms with E-state index in [-0.39, 0.29) is 10.8 Å². The van der Waals surface area contributed by atoms with Gasteiger partial charge in [0, 0.05) is 24.3 Å². The Hall–Kier alpha value is -2.43. The third kappa shape index (κ3) is 3.24. The maximum absolute atomic E-state index is 15.9. The summed E-state index contributed by atoms with van der Waals surface area (Å²) in [7, 11) is 0. The van der Waals surface area contributed by atoms with Crippen LogP contribution in [0.15, 0.2) is 41.6 Å². The summed E-state index contributed by atoms with van der Waals surface area (Å²) in [5, 5.41) is 0. The van der Waals surface area contributed by atoms with Crippen LogP contribution in [-0.2, 0) is 10.8 Å². The Morgan fingerprint density at radius 1 is 0.812 bits per heavy atom. The lowest BCUT2D eigenvalue weighted by Gasteiger charge is -2.35. The highest BCUT2D eigenvalue weighted by molar-refractivity contribution is 6.58. The standard InChI is InChI=1S/C27H35BF2N2/c1-16-11-18(3)31-24(16)23(25-17(2)12-19(4)32(25)28(31,29)30)20-13-21(26(5,6)7)15-22(14-20)27(8,9)10/h11-15H,1-10H3. The first-order valence-electron chi connectivity index (χ1n) is 11.5. The number of aromatic nitrogens is 1. The van der Waals surface area contributed by atoms with Crippen molar-refractivity contribution in [2.24, 2.45) is 0 Å². The quantitative estimate of drug-likeness (QED) is 0.420. The molecule has 0 fully saturated rings. The number of rotatable bonds is 1. The Labute approximate surface area is 191 Å². The van der Waals surface area contributed by atoms with Crippen LogP contribution in [0.1, 0.15) is 89.0 Å². The van der Waals surface area contributed by atoms with Crippen LogP contribution < -0.4 is 0 Å². The summed E-state index contributed by atoms with van der Waals surface area (Å²) in [6.45, 7) is 16.7. The van der Waals surface area contributed by atoms with Crippen molar-refractivity contribution >= 4 is 18.3 Å². The zero-order chi connectivity index (χ0) is 24.0. The Kier molecular flexibility index (Phi) is 4.83. The maximum atomic E-state index is 15.9. The third-order valence-corrected chi connectivity index (χ3v) is 6.89. The van der Waals surface area contributed by atoms with E-state index in [4.69, 9.17) is 0 Å². The van der Waals surface area contributed by atoms with Crippen LogP contribution >= 0.6 is 0 Å². The van der Waals surface area contributed by atoms with Gasteiger partial charge < -0.3 is 17.6 Å². The van der Waals surface area contributed by atoms with Gasteiger partial charge in [-0.2, -0.15) is 0 Å². The predicted molar refractivity (Wildman–Crippen MR) is 132 cm³/mol. The summed E-state index contributed by atoms with van der Waals surface area (Å²) in [5.41, 5.74) is 8.51. The molecule has 2 nitrogen and oxygen atoms in total. The lowest BCUT2D eigenvalue weighted by molar-refractivity contribution is -0.363. The lowest BCUT2D eigenvalue weighted by atomic mass is 9.77. The normalized spacial score (nSPS) is 18.2. The fraction of sp³-hybridized carbons (Fsp3) is 0.444. The van der Waals surface area contributed by atoms with Crippen molar-refractivity contribution < 1.29 is 13.1 Å². The molecule has 0 bridgehead atoms. The second-order valence-corrected chi connectivity index (χ2v) is 11.6. The third-order valence-electron chi connectivity index (χ3n) is 6.89. The minimum Gasteiger partial charge on any atom is -0.393 e. The molecule has 0 saturated carbocycles. The van der Waals surface area contributed by atoms with E-state index in [0.717, 1.165) is 22.3 Å². The number of fused-ring (bicyclic) bond motifs is 2. The van der Waals surface area contributed by atoms with Crippen LogP contribution in [0.3, 0.4) is 0 Å². The first-order chi connectivity index (χ1) is 14.5. The average molecular weight is 436 g/mol. The van der Waals surface area contributed by atoms with Crippen LogP contribution in [0.5, 0.6) is 0 Å². The first-order valence-corrected chi connectivity index (χ1v) is 11.5. The Morgan fingerprint density at radius 2 is 1.34 bits per heavy atom. The van der Waals surface area contributed by atoms with E-state index in [1.54, 1.807) is 13.8 Å². The van der Waals surface area contributed by atoms with Gasteiger partial charge >= 0.3 is 6.97 Å².